The molecule has 8 heteroatoms. The van der Waals surface area contributed by atoms with Crippen LogP contribution in [-0.2, 0) is 30.0 Å². The van der Waals surface area contributed by atoms with Gasteiger partial charge in [-0.2, -0.15) is 0 Å². The molecule has 0 spiro atoms. The second-order valence-corrected chi connectivity index (χ2v) is 6.85. The van der Waals surface area contributed by atoms with Gasteiger partial charge in [0.2, 0.25) is 0 Å². The van der Waals surface area contributed by atoms with Crippen LogP contribution in [0, 0.1) is 0 Å². The standard InChI is InChI=1S/C17H23N3O4S/c1-6-10-9-18-14-12(15(21)20(5)17(23)19(14)4)13(10)25-11(7-2)16(22)24-8-3/h9,11H,6-8H2,1-5H3/t11-/m0/s1. The van der Waals surface area contributed by atoms with Crippen LogP contribution < -0.4 is 11.2 Å². The number of carbonyl (C=O) groups excluding carboxylic acids is 1. The average molecular weight is 365 g/mol. The number of thioether (sulfide) groups is 1. The third-order valence-corrected chi connectivity index (χ3v) is 5.57. The molecule has 25 heavy (non-hydrogen) atoms. The quantitative estimate of drug-likeness (QED) is 0.571. The molecule has 0 aliphatic rings. The summed E-state index contributed by atoms with van der Waals surface area (Å²) in [6, 6.07) is 0. The SMILES string of the molecule is CCOC(=O)[C@H](CC)Sc1c(CC)cnc2c1c(=O)n(C)c(=O)n2C. The normalized spacial score (nSPS) is 12.4. The summed E-state index contributed by atoms with van der Waals surface area (Å²) in [6.45, 7) is 5.94. The fraction of sp³-hybridized carbons (Fsp3) is 0.529. The Morgan fingerprint density at radius 2 is 1.92 bits per heavy atom. The minimum Gasteiger partial charge on any atom is -0.465 e. The topological polar surface area (TPSA) is 83.2 Å². The number of hydrogen-bond acceptors (Lipinski definition) is 6. The maximum absolute atomic E-state index is 12.7. The molecule has 0 N–H and O–H groups in total. The van der Waals surface area contributed by atoms with Crippen LogP contribution in [0.3, 0.4) is 0 Å². The molecule has 0 amide bonds. The highest BCUT2D eigenvalue weighted by Gasteiger charge is 2.24. The van der Waals surface area contributed by atoms with Crippen molar-refractivity contribution in [1.29, 1.82) is 0 Å². The molecule has 2 aromatic heterocycles. The summed E-state index contributed by atoms with van der Waals surface area (Å²) in [5, 5.41) is -0.0468. The molecule has 0 saturated heterocycles. The van der Waals surface area contributed by atoms with E-state index in [0.29, 0.717) is 35.4 Å². The van der Waals surface area contributed by atoms with E-state index in [2.05, 4.69) is 4.98 Å². The highest BCUT2D eigenvalue weighted by atomic mass is 32.2. The molecule has 0 aromatic carbocycles. The van der Waals surface area contributed by atoms with Crippen molar-refractivity contribution in [2.24, 2.45) is 14.1 Å². The molecule has 2 heterocycles. The minimum absolute atomic E-state index is 0.302. The van der Waals surface area contributed by atoms with E-state index in [1.807, 2.05) is 13.8 Å². The Morgan fingerprint density at radius 1 is 1.24 bits per heavy atom. The summed E-state index contributed by atoms with van der Waals surface area (Å²) < 4.78 is 7.56. The molecule has 0 radical (unpaired) electrons. The van der Waals surface area contributed by atoms with Gasteiger partial charge in [-0.3, -0.25) is 18.7 Å². The van der Waals surface area contributed by atoms with Crippen molar-refractivity contribution in [1.82, 2.24) is 14.1 Å². The van der Waals surface area contributed by atoms with Crippen LogP contribution in [0.2, 0.25) is 0 Å². The zero-order valence-corrected chi connectivity index (χ0v) is 16.0. The summed E-state index contributed by atoms with van der Waals surface area (Å²) >= 11 is 1.31. The molecule has 0 bridgehead atoms. The maximum Gasteiger partial charge on any atom is 0.332 e. The van der Waals surface area contributed by atoms with Gasteiger partial charge >= 0.3 is 11.7 Å². The third-order valence-electron chi connectivity index (χ3n) is 4.06. The molecular weight excluding hydrogens is 342 g/mol. The van der Waals surface area contributed by atoms with Crippen molar-refractivity contribution in [3.05, 3.63) is 32.6 Å². The fourth-order valence-corrected chi connectivity index (χ4v) is 3.86. The Kier molecular flexibility index (Phi) is 6.05. The van der Waals surface area contributed by atoms with Crippen molar-refractivity contribution >= 4 is 28.8 Å². The van der Waals surface area contributed by atoms with Crippen LogP contribution in [0.4, 0.5) is 0 Å². The lowest BCUT2D eigenvalue weighted by molar-refractivity contribution is -0.142. The van der Waals surface area contributed by atoms with E-state index in [9.17, 15) is 14.4 Å². The zero-order valence-electron chi connectivity index (χ0n) is 15.2. The van der Waals surface area contributed by atoms with Gasteiger partial charge in [-0.1, -0.05) is 13.8 Å². The molecule has 0 fully saturated rings. The Hall–Kier alpha value is -2.09. The number of fused-ring (bicyclic) bond motifs is 1. The first-order valence-corrected chi connectivity index (χ1v) is 9.16. The van der Waals surface area contributed by atoms with E-state index in [-0.39, 0.29) is 5.97 Å². The van der Waals surface area contributed by atoms with Gasteiger partial charge in [-0.25, -0.2) is 9.78 Å². The number of aryl methyl sites for hydroxylation is 2. The van der Waals surface area contributed by atoms with Crippen LogP contribution in [-0.4, -0.2) is 31.9 Å². The first-order valence-electron chi connectivity index (χ1n) is 8.28. The second-order valence-electron chi connectivity index (χ2n) is 5.64. The van der Waals surface area contributed by atoms with E-state index in [1.54, 1.807) is 20.2 Å². The van der Waals surface area contributed by atoms with Crippen LogP contribution in [0.1, 0.15) is 32.8 Å². The lowest BCUT2D eigenvalue weighted by atomic mass is 10.2. The minimum atomic E-state index is -0.428. The summed E-state index contributed by atoms with van der Waals surface area (Å²) in [5.41, 5.74) is 0.368. The predicted molar refractivity (Wildman–Crippen MR) is 98.2 cm³/mol. The molecule has 2 rings (SSSR count). The van der Waals surface area contributed by atoms with Gasteiger partial charge < -0.3 is 4.74 Å². The number of pyridine rings is 1. The monoisotopic (exact) mass is 365 g/mol. The number of nitrogens with zero attached hydrogens (tertiary/aromatic N) is 3. The van der Waals surface area contributed by atoms with Crippen molar-refractivity contribution in [3.8, 4) is 0 Å². The highest BCUT2D eigenvalue weighted by molar-refractivity contribution is 8.00. The van der Waals surface area contributed by atoms with Crippen molar-refractivity contribution < 1.29 is 9.53 Å². The van der Waals surface area contributed by atoms with Crippen molar-refractivity contribution in [2.45, 2.75) is 43.8 Å². The lowest BCUT2D eigenvalue weighted by Crippen LogP contribution is -2.37. The predicted octanol–water partition coefficient (Wildman–Crippen LogP) is 1.63. The number of carbonyl (C=O) groups is 1. The van der Waals surface area contributed by atoms with E-state index in [0.717, 1.165) is 10.1 Å². The van der Waals surface area contributed by atoms with Crippen LogP contribution in [0.15, 0.2) is 20.7 Å². The first-order chi connectivity index (χ1) is 11.9. The van der Waals surface area contributed by atoms with Gasteiger partial charge in [0.15, 0.2) is 0 Å². The summed E-state index contributed by atoms with van der Waals surface area (Å²) in [5.74, 6) is -0.302. The largest absolute Gasteiger partial charge is 0.465 e. The van der Waals surface area contributed by atoms with Crippen LogP contribution >= 0.6 is 11.8 Å². The smallest absolute Gasteiger partial charge is 0.332 e. The molecule has 7 nitrogen and oxygen atoms in total. The summed E-state index contributed by atoms with van der Waals surface area (Å²) in [6.07, 6.45) is 2.90. The highest BCUT2D eigenvalue weighted by Crippen LogP contribution is 2.33. The van der Waals surface area contributed by atoms with Gasteiger partial charge in [0.05, 0.1) is 12.0 Å². The second kappa shape index (κ2) is 7.86. The van der Waals surface area contributed by atoms with Gasteiger partial charge in [0.1, 0.15) is 10.9 Å². The number of esters is 1. The van der Waals surface area contributed by atoms with Crippen molar-refractivity contribution in [2.75, 3.05) is 6.61 Å². The fourth-order valence-electron chi connectivity index (χ4n) is 2.60. The third kappa shape index (κ3) is 3.49. The molecule has 0 saturated carbocycles. The molecule has 136 valence electrons. The lowest BCUT2D eigenvalue weighted by Gasteiger charge is -2.17. The summed E-state index contributed by atoms with van der Waals surface area (Å²) in [4.78, 5) is 42.1. The Bertz CT molecular complexity index is 917. The number of aromatic nitrogens is 3. The van der Waals surface area contributed by atoms with Crippen LogP contribution in [0.5, 0.6) is 0 Å². The molecular formula is C17H23N3O4S. The van der Waals surface area contributed by atoms with E-state index < -0.39 is 16.5 Å². The van der Waals surface area contributed by atoms with E-state index >= 15 is 0 Å². The van der Waals surface area contributed by atoms with Gasteiger partial charge in [0, 0.05) is 25.2 Å². The Balaban J connectivity index is 2.75. The number of hydrogen-bond donors (Lipinski definition) is 0. The Morgan fingerprint density at radius 3 is 2.48 bits per heavy atom. The van der Waals surface area contributed by atoms with Gasteiger partial charge in [0.25, 0.3) is 5.56 Å². The Labute approximate surface area is 150 Å². The molecule has 0 aliphatic carbocycles. The average Bonchev–Trinajstić information content (AvgIpc) is 2.61. The van der Waals surface area contributed by atoms with Crippen LogP contribution in [0.25, 0.3) is 11.0 Å². The molecule has 0 unspecified atom stereocenters. The molecule has 0 aliphatic heterocycles. The van der Waals surface area contributed by atoms with E-state index in [4.69, 9.17) is 4.74 Å². The van der Waals surface area contributed by atoms with Gasteiger partial charge in [-0.15, -0.1) is 11.8 Å². The first kappa shape index (κ1) is 19.2. The van der Waals surface area contributed by atoms with Crippen molar-refractivity contribution in [3.63, 3.8) is 0 Å². The summed E-state index contributed by atoms with van der Waals surface area (Å²) in [7, 11) is 3.03. The number of ether oxygens (including phenoxy) is 1. The van der Waals surface area contributed by atoms with Gasteiger partial charge in [-0.05, 0) is 25.3 Å². The van der Waals surface area contributed by atoms with E-state index in [1.165, 1.54) is 23.4 Å². The number of rotatable bonds is 6. The zero-order chi connectivity index (χ0) is 18.7. The molecule has 1 atom stereocenters. The maximum atomic E-state index is 12.7. The molecule has 2 aromatic rings.